The number of hydrogen-bond acceptors (Lipinski definition) is 6. The first-order valence-corrected chi connectivity index (χ1v) is 9.35. The Bertz CT molecular complexity index is 1070. The highest BCUT2D eigenvalue weighted by atomic mass is 79.9. The Morgan fingerprint density at radius 2 is 2.19 bits per heavy atom. The van der Waals surface area contributed by atoms with Crippen LogP contribution in [0.2, 0.25) is 0 Å². The van der Waals surface area contributed by atoms with Crippen molar-refractivity contribution >= 4 is 44.7 Å². The quantitative estimate of drug-likeness (QED) is 0.683. The van der Waals surface area contributed by atoms with Gasteiger partial charge in [-0.15, -0.1) is 0 Å². The van der Waals surface area contributed by atoms with Gasteiger partial charge in [-0.2, -0.15) is 10.4 Å². The molecule has 7 heteroatoms. The van der Waals surface area contributed by atoms with Crippen LogP contribution in [0.25, 0.3) is 10.9 Å². The van der Waals surface area contributed by atoms with Crippen LogP contribution in [0.1, 0.15) is 17.0 Å². The lowest BCUT2D eigenvalue weighted by atomic mass is 9.97. The number of benzene rings is 2. The summed E-state index contributed by atoms with van der Waals surface area (Å²) in [5.41, 5.74) is 3.83. The third-order valence-electron chi connectivity index (χ3n) is 4.43. The van der Waals surface area contributed by atoms with Gasteiger partial charge in [0.25, 0.3) is 0 Å². The van der Waals surface area contributed by atoms with Crippen LogP contribution >= 0.6 is 15.9 Å². The van der Waals surface area contributed by atoms with Crippen LogP contribution in [0, 0.1) is 11.3 Å². The number of hydrazone groups is 1. The summed E-state index contributed by atoms with van der Waals surface area (Å²) in [6.45, 7) is 0.830. The Morgan fingerprint density at radius 3 is 2.96 bits per heavy atom. The molecule has 1 aromatic heterocycles. The fourth-order valence-corrected chi connectivity index (χ4v) is 3.54. The van der Waals surface area contributed by atoms with Gasteiger partial charge in [0.05, 0.1) is 18.0 Å². The van der Waals surface area contributed by atoms with Gasteiger partial charge in [0.15, 0.2) is 0 Å². The third-order valence-corrected chi connectivity index (χ3v) is 4.92. The molecular formula is C20H17BrN6. The van der Waals surface area contributed by atoms with Crippen molar-refractivity contribution in [2.75, 3.05) is 18.9 Å². The maximum Gasteiger partial charge on any atom is 0.227 e. The molecule has 0 radical (unpaired) electrons. The van der Waals surface area contributed by atoms with Gasteiger partial charge in [-0.3, -0.25) is 5.01 Å². The summed E-state index contributed by atoms with van der Waals surface area (Å²) in [7, 11) is 1.95. The molecule has 0 spiro atoms. The van der Waals surface area contributed by atoms with E-state index >= 15 is 0 Å². The number of nitriles is 1. The number of anilines is 2. The molecule has 0 saturated carbocycles. The average Bonchev–Trinajstić information content (AvgIpc) is 3.08. The largest absolute Gasteiger partial charge is 0.324 e. The standard InChI is InChI=1S/C20H17BrN6/c1-27-12-16(11-24-27)14-6-13(4-5-22)7-18(9-14)25-20-23-10-15-8-17(21)2-3-19(15)26-20/h2-3,6-11,16H,4,12H2,1H3,(H,23,25,26). The lowest BCUT2D eigenvalue weighted by Gasteiger charge is -2.14. The van der Waals surface area contributed by atoms with Gasteiger partial charge in [-0.1, -0.05) is 22.0 Å². The van der Waals surface area contributed by atoms with Crippen LogP contribution in [0.4, 0.5) is 11.6 Å². The molecule has 0 bridgehead atoms. The molecule has 0 aliphatic carbocycles. The first-order valence-electron chi connectivity index (χ1n) is 8.56. The molecule has 1 aliphatic heterocycles. The lowest BCUT2D eigenvalue weighted by molar-refractivity contribution is 0.381. The molecule has 1 N–H and O–H groups in total. The monoisotopic (exact) mass is 420 g/mol. The van der Waals surface area contributed by atoms with Gasteiger partial charge in [-0.25, -0.2) is 9.97 Å². The smallest absolute Gasteiger partial charge is 0.227 e. The molecule has 6 nitrogen and oxygen atoms in total. The Labute approximate surface area is 165 Å². The van der Waals surface area contributed by atoms with E-state index in [4.69, 9.17) is 5.26 Å². The number of aromatic nitrogens is 2. The summed E-state index contributed by atoms with van der Waals surface area (Å²) in [6.07, 6.45) is 4.10. The number of nitrogens with zero attached hydrogens (tertiary/aromatic N) is 5. The van der Waals surface area contributed by atoms with E-state index in [0.29, 0.717) is 12.4 Å². The summed E-state index contributed by atoms with van der Waals surface area (Å²) < 4.78 is 0.997. The molecule has 3 aromatic rings. The van der Waals surface area contributed by atoms with E-state index in [2.05, 4.69) is 54.5 Å². The maximum absolute atomic E-state index is 9.11. The highest BCUT2D eigenvalue weighted by Gasteiger charge is 2.18. The van der Waals surface area contributed by atoms with Crippen LogP contribution in [0.15, 0.2) is 52.2 Å². The maximum atomic E-state index is 9.11. The first-order chi connectivity index (χ1) is 13.1. The minimum absolute atomic E-state index is 0.212. The Balaban J connectivity index is 1.66. The molecule has 27 heavy (non-hydrogen) atoms. The Kier molecular flexibility index (Phi) is 4.73. The molecule has 4 rings (SSSR count). The van der Waals surface area contributed by atoms with Gasteiger partial charge >= 0.3 is 0 Å². The lowest BCUT2D eigenvalue weighted by Crippen LogP contribution is -2.12. The van der Waals surface area contributed by atoms with Crippen molar-refractivity contribution in [1.82, 2.24) is 15.0 Å². The number of halogens is 1. The second kappa shape index (κ2) is 7.33. The first kappa shape index (κ1) is 17.4. The van der Waals surface area contributed by atoms with E-state index < -0.39 is 0 Å². The topological polar surface area (TPSA) is 77.2 Å². The minimum atomic E-state index is 0.212. The molecule has 2 heterocycles. The number of nitrogens with one attached hydrogen (secondary N) is 1. The molecule has 0 fully saturated rings. The number of likely N-dealkylation sites (N-methyl/N-ethyl adjacent to an activating group) is 1. The van der Waals surface area contributed by atoms with Crippen molar-refractivity contribution in [3.05, 3.63) is 58.2 Å². The zero-order valence-corrected chi connectivity index (χ0v) is 16.3. The van der Waals surface area contributed by atoms with E-state index in [0.717, 1.165) is 38.7 Å². The summed E-state index contributed by atoms with van der Waals surface area (Å²) in [6, 6.07) is 14.2. The fourth-order valence-electron chi connectivity index (χ4n) is 3.16. The summed E-state index contributed by atoms with van der Waals surface area (Å²) in [4.78, 5) is 9.00. The molecule has 1 atom stereocenters. The zero-order chi connectivity index (χ0) is 18.8. The fraction of sp³-hybridized carbons (Fsp3) is 0.200. The normalized spacial score (nSPS) is 15.9. The van der Waals surface area contributed by atoms with Crippen LogP contribution in [-0.2, 0) is 6.42 Å². The van der Waals surface area contributed by atoms with E-state index in [1.807, 2.05) is 42.5 Å². The van der Waals surface area contributed by atoms with E-state index in [1.165, 1.54) is 0 Å². The summed E-state index contributed by atoms with van der Waals surface area (Å²) >= 11 is 3.46. The van der Waals surface area contributed by atoms with Crippen molar-refractivity contribution in [3.8, 4) is 6.07 Å². The predicted octanol–water partition coefficient (Wildman–Crippen LogP) is 4.22. The van der Waals surface area contributed by atoms with Gasteiger partial charge in [-0.05, 0) is 41.5 Å². The number of fused-ring (bicyclic) bond motifs is 1. The van der Waals surface area contributed by atoms with Gasteiger partial charge < -0.3 is 5.32 Å². The molecular weight excluding hydrogens is 404 g/mol. The third kappa shape index (κ3) is 3.91. The van der Waals surface area contributed by atoms with Crippen molar-refractivity contribution < 1.29 is 0 Å². The van der Waals surface area contributed by atoms with Crippen LogP contribution in [0.3, 0.4) is 0 Å². The van der Waals surface area contributed by atoms with Gasteiger partial charge in [0.2, 0.25) is 5.95 Å². The zero-order valence-electron chi connectivity index (χ0n) is 14.7. The predicted molar refractivity (Wildman–Crippen MR) is 110 cm³/mol. The highest BCUT2D eigenvalue weighted by Crippen LogP contribution is 2.26. The van der Waals surface area contributed by atoms with E-state index in [9.17, 15) is 0 Å². The van der Waals surface area contributed by atoms with Crippen LogP contribution in [-0.4, -0.2) is 34.8 Å². The molecule has 0 amide bonds. The van der Waals surface area contributed by atoms with E-state index in [-0.39, 0.29) is 5.92 Å². The van der Waals surface area contributed by atoms with Crippen LogP contribution < -0.4 is 5.32 Å². The summed E-state index contributed by atoms with van der Waals surface area (Å²) in [5.74, 6) is 0.742. The molecule has 1 aliphatic rings. The molecule has 134 valence electrons. The van der Waals surface area contributed by atoms with Crippen molar-refractivity contribution in [2.24, 2.45) is 5.10 Å². The van der Waals surface area contributed by atoms with Crippen molar-refractivity contribution in [2.45, 2.75) is 12.3 Å². The Morgan fingerprint density at radius 1 is 1.30 bits per heavy atom. The average molecular weight is 421 g/mol. The number of hydrogen-bond donors (Lipinski definition) is 1. The molecule has 0 saturated heterocycles. The molecule has 1 unspecified atom stereocenters. The second-order valence-electron chi connectivity index (χ2n) is 6.53. The van der Waals surface area contributed by atoms with Crippen LogP contribution in [0.5, 0.6) is 0 Å². The SMILES string of the molecule is CN1CC(c2cc(CC#N)cc(Nc3ncc4cc(Br)ccc4n3)c2)C=N1. The van der Waals surface area contributed by atoms with Crippen molar-refractivity contribution in [3.63, 3.8) is 0 Å². The van der Waals surface area contributed by atoms with Gasteiger partial charge in [0.1, 0.15) is 0 Å². The second-order valence-corrected chi connectivity index (χ2v) is 7.45. The molecule has 2 aromatic carbocycles. The van der Waals surface area contributed by atoms with Crippen molar-refractivity contribution in [1.29, 1.82) is 5.26 Å². The summed E-state index contributed by atoms with van der Waals surface area (Å²) in [5, 5.41) is 19.6. The highest BCUT2D eigenvalue weighted by molar-refractivity contribution is 9.10. The van der Waals surface area contributed by atoms with Gasteiger partial charge in [0, 0.05) is 47.5 Å². The Hall–Kier alpha value is -2.98. The number of rotatable bonds is 4. The minimum Gasteiger partial charge on any atom is -0.324 e. The van der Waals surface area contributed by atoms with E-state index in [1.54, 1.807) is 6.20 Å².